The van der Waals surface area contributed by atoms with E-state index in [0.717, 1.165) is 32.7 Å². The van der Waals surface area contributed by atoms with E-state index in [2.05, 4.69) is 0 Å². The van der Waals surface area contributed by atoms with Crippen LogP contribution in [0.25, 0.3) is 10.8 Å². The highest BCUT2D eigenvalue weighted by Gasteiger charge is 2.11. The monoisotopic (exact) mass is 371 g/mol. The van der Waals surface area contributed by atoms with Gasteiger partial charge in [-0.15, -0.1) is 0 Å². The van der Waals surface area contributed by atoms with Crippen LogP contribution >= 0.6 is 23.8 Å². The fraction of sp³-hybridized carbons (Fsp3) is 0.150. The Morgan fingerprint density at radius 3 is 2.56 bits per heavy atom. The molecule has 0 atom stereocenters. The Morgan fingerprint density at radius 1 is 1.04 bits per heavy atom. The zero-order chi connectivity index (χ0) is 17.8. The Morgan fingerprint density at radius 2 is 1.80 bits per heavy atom. The fourth-order valence-corrected chi connectivity index (χ4v) is 2.97. The summed E-state index contributed by atoms with van der Waals surface area (Å²) in [5.74, 6) is 1.43. The number of fused-ring (bicyclic) bond motifs is 1. The molecule has 0 bridgehead atoms. The molecule has 3 nitrogen and oxygen atoms in total. The zero-order valence-electron chi connectivity index (χ0n) is 13.8. The molecule has 0 fully saturated rings. The number of rotatable bonds is 6. The molecule has 3 aromatic carbocycles. The highest BCUT2D eigenvalue weighted by atomic mass is 35.5. The van der Waals surface area contributed by atoms with E-state index in [9.17, 15) is 0 Å². The van der Waals surface area contributed by atoms with E-state index < -0.39 is 0 Å². The summed E-state index contributed by atoms with van der Waals surface area (Å²) >= 11 is 11.2. The van der Waals surface area contributed by atoms with Crippen LogP contribution < -0.4 is 15.2 Å². The van der Waals surface area contributed by atoms with Crippen molar-refractivity contribution in [3.63, 3.8) is 0 Å². The van der Waals surface area contributed by atoms with Crippen LogP contribution in [0.3, 0.4) is 0 Å². The van der Waals surface area contributed by atoms with E-state index in [0.29, 0.717) is 24.0 Å². The summed E-state index contributed by atoms with van der Waals surface area (Å²) in [7, 11) is 0. The normalized spacial score (nSPS) is 10.6. The summed E-state index contributed by atoms with van der Waals surface area (Å²) in [6.45, 7) is 2.73. The SMILES string of the molecule is Cc1cc(OCCOc2ccc3ccccc3c2C(N)=S)ccc1Cl. The molecule has 2 N–H and O–H groups in total. The predicted octanol–water partition coefficient (Wildman–Crippen LogP) is 4.89. The summed E-state index contributed by atoms with van der Waals surface area (Å²) in [4.78, 5) is 0.320. The second kappa shape index (κ2) is 7.72. The maximum Gasteiger partial charge on any atom is 0.130 e. The number of hydrogen-bond donors (Lipinski definition) is 1. The van der Waals surface area contributed by atoms with Crippen molar-refractivity contribution >= 4 is 39.6 Å². The second-order valence-corrected chi connectivity index (χ2v) is 6.48. The van der Waals surface area contributed by atoms with Crippen molar-refractivity contribution in [1.82, 2.24) is 0 Å². The van der Waals surface area contributed by atoms with E-state index in [1.807, 2.05) is 61.5 Å². The van der Waals surface area contributed by atoms with Gasteiger partial charge in [-0.25, -0.2) is 0 Å². The summed E-state index contributed by atoms with van der Waals surface area (Å²) in [6, 6.07) is 17.4. The van der Waals surface area contributed by atoms with Gasteiger partial charge in [-0.2, -0.15) is 0 Å². The van der Waals surface area contributed by atoms with E-state index >= 15 is 0 Å². The van der Waals surface area contributed by atoms with Crippen molar-refractivity contribution in [2.45, 2.75) is 6.92 Å². The Hall–Kier alpha value is -2.30. The van der Waals surface area contributed by atoms with Crippen molar-refractivity contribution in [3.05, 3.63) is 70.7 Å². The van der Waals surface area contributed by atoms with Gasteiger partial charge in [0.25, 0.3) is 0 Å². The molecule has 0 saturated heterocycles. The number of halogens is 1. The minimum atomic E-state index is 0.320. The summed E-state index contributed by atoms with van der Waals surface area (Å²) in [5.41, 5.74) is 7.65. The smallest absolute Gasteiger partial charge is 0.130 e. The lowest BCUT2D eigenvalue weighted by molar-refractivity contribution is 0.217. The maximum absolute atomic E-state index is 6.01. The van der Waals surface area contributed by atoms with Gasteiger partial charge in [0.2, 0.25) is 0 Å². The first-order valence-electron chi connectivity index (χ1n) is 7.89. The lowest BCUT2D eigenvalue weighted by atomic mass is 10.0. The lowest BCUT2D eigenvalue weighted by Crippen LogP contribution is -2.15. The molecule has 0 heterocycles. The molecule has 3 rings (SSSR count). The van der Waals surface area contributed by atoms with Crippen LogP contribution in [0.15, 0.2) is 54.6 Å². The van der Waals surface area contributed by atoms with Gasteiger partial charge in [0.05, 0.1) is 5.56 Å². The Balaban J connectivity index is 1.69. The summed E-state index contributed by atoms with van der Waals surface area (Å²) in [5, 5.41) is 2.79. The fourth-order valence-electron chi connectivity index (χ4n) is 2.64. The molecule has 0 aliphatic carbocycles. The molecule has 0 radical (unpaired) electrons. The summed E-state index contributed by atoms with van der Waals surface area (Å²) in [6.07, 6.45) is 0. The van der Waals surface area contributed by atoms with Gasteiger partial charge in [-0.3, -0.25) is 0 Å². The van der Waals surface area contributed by atoms with Crippen LogP contribution in [0, 0.1) is 6.92 Å². The molecule has 0 aromatic heterocycles. The van der Waals surface area contributed by atoms with Gasteiger partial charge >= 0.3 is 0 Å². The largest absolute Gasteiger partial charge is 0.490 e. The van der Waals surface area contributed by atoms with Crippen LogP contribution in [0.1, 0.15) is 11.1 Å². The van der Waals surface area contributed by atoms with E-state index in [-0.39, 0.29) is 0 Å². The highest BCUT2D eigenvalue weighted by Crippen LogP contribution is 2.28. The quantitative estimate of drug-likeness (QED) is 0.494. The average molecular weight is 372 g/mol. The molecular weight excluding hydrogens is 354 g/mol. The van der Waals surface area contributed by atoms with Crippen molar-refractivity contribution in [3.8, 4) is 11.5 Å². The number of hydrogen-bond acceptors (Lipinski definition) is 3. The summed E-state index contributed by atoms with van der Waals surface area (Å²) < 4.78 is 11.6. The van der Waals surface area contributed by atoms with Gasteiger partial charge < -0.3 is 15.2 Å². The molecular formula is C20H18ClNO2S. The number of nitrogens with two attached hydrogens (primary N) is 1. The van der Waals surface area contributed by atoms with Crippen molar-refractivity contribution in [2.24, 2.45) is 5.73 Å². The van der Waals surface area contributed by atoms with Crippen LogP contribution in [0.5, 0.6) is 11.5 Å². The highest BCUT2D eigenvalue weighted by molar-refractivity contribution is 7.80. The lowest BCUT2D eigenvalue weighted by Gasteiger charge is -2.14. The number of thiocarbonyl (C=S) groups is 1. The van der Waals surface area contributed by atoms with Crippen molar-refractivity contribution < 1.29 is 9.47 Å². The molecule has 25 heavy (non-hydrogen) atoms. The van der Waals surface area contributed by atoms with Crippen LogP contribution in [-0.2, 0) is 0 Å². The zero-order valence-corrected chi connectivity index (χ0v) is 15.4. The van der Waals surface area contributed by atoms with E-state index in [4.69, 9.17) is 39.0 Å². The van der Waals surface area contributed by atoms with Gasteiger partial charge in [0.15, 0.2) is 0 Å². The standard InChI is InChI=1S/C20H18ClNO2S/c1-13-12-15(7-8-17(13)21)23-10-11-24-18-9-6-14-4-2-3-5-16(14)19(18)20(22)25/h2-9,12H,10-11H2,1H3,(H2,22,25). The molecule has 5 heteroatoms. The Bertz CT molecular complexity index is 927. The topological polar surface area (TPSA) is 44.5 Å². The average Bonchev–Trinajstić information content (AvgIpc) is 2.61. The first kappa shape index (κ1) is 17.5. The third-order valence-corrected chi connectivity index (χ3v) is 4.50. The third kappa shape index (κ3) is 4.03. The minimum absolute atomic E-state index is 0.320. The molecule has 0 unspecified atom stereocenters. The van der Waals surface area contributed by atoms with Crippen LogP contribution in [-0.4, -0.2) is 18.2 Å². The number of ether oxygens (including phenoxy) is 2. The first-order chi connectivity index (χ1) is 12.1. The van der Waals surface area contributed by atoms with E-state index in [1.54, 1.807) is 0 Å². The van der Waals surface area contributed by atoms with Gasteiger partial charge in [-0.1, -0.05) is 54.2 Å². The molecule has 128 valence electrons. The molecule has 3 aromatic rings. The number of aryl methyl sites for hydroxylation is 1. The predicted molar refractivity (Wildman–Crippen MR) is 107 cm³/mol. The minimum Gasteiger partial charge on any atom is -0.490 e. The van der Waals surface area contributed by atoms with Gasteiger partial charge in [0, 0.05) is 5.02 Å². The van der Waals surface area contributed by atoms with Crippen molar-refractivity contribution in [1.29, 1.82) is 0 Å². The van der Waals surface area contributed by atoms with Crippen LogP contribution in [0.2, 0.25) is 5.02 Å². The second-order valence-electron chi connectivity index (χ2n) is 5.63. The Kier molecular flexibility index (Phi) is 5.41. The van der Waals surface area contributed by atoms with E-state index in [1.165, 1.54) is 0 Å². The van der Waals surface area contributed by atoms with Gasteiger partial charge in [-0.05, 0) is 47.5 Å². The molecule has 0 amide bonds. The molecule has 0 saturated carbocycles. The Labute approximate surface area is 157 Å². The third-order valence-electron chi connectivity index (χ3n) is 3.88. The first-order valence-corrected chi connectivity index (χ1v) is 8.68. The maximum atomic E-state index is 6.01. The van der Waals surface area contributed by atoms with Gasteiger partial charge in [0.1, 0.15) is 29.7 Å². The molecule has 0 aliphatic heterocycles. The molecule has 0 spiro atoms. The van der Waals surface area contributed by atoms with Crippen LogP contribution in [0.4, 0.5) is 0 Å². The molecule has 0 aliphatic rings. The van der Waals surface area contributed by atoms with Crippen molar-refractivity contribution in [2.75, 3.05) is 13.2 Å². The number of benzene rings is 3.